The largest absolute Gasteiger partial charge is 0.481 e. The van der Waals surface area contributed by atoms with Crippen LogP contribution in [0.1, 0.15) is 25.7 Å². The number of carbonyl (C=O) groups excluding carboxylic acids is 1. The Hall–Kier alpha value is -1.38. The third-order valence-corrected chi connectivity index (χ3v) is 2.64. The van der Waals surface area contributed by atoms with Gasteiger partial charge in [-0.1, -0.05) is 6.42 Å². The van der Waals surface area contributed by atoms with Crippen LogP contribution in [-0.2, 0) is 4.79 Å². The number of amides is 2. The van der Waals surface area contributed by atoms with E-state index in [1.807, 2.05) is 0 Å². The molecular weight excluding hydrogens is 256 g/mol. The van der Waals surface area contributed by atoms with Crippen molar-refractivity contribution in [1.29, 1.82) is 0 Å². The molecule has 0 fully saturated rings. The molecule has 19 heavy (non-hydrogen) atoms. The van der Waals surface area contributed by atoms with E-state index in [-0.39, 0.29) is 6.42 Å². The average Bonchev–Trinajstić information content (AvgIpc) is 2.40. The van der Waals surface area contributed by atoms with Crippen molar-refractivity contribution in [3.05, 3.63) is 0 Å². The lowest BCUT2D eigenvalue weighted by atomic mass is 10.0. The first-order chi connectivity index (χ1) is 8.99. The number of aliphatic carboxylic acids is 1. The Morgan fingerprint density at radius 1 is 0.947 bits per heavy atom. The highest BCUT2D eigenvalue weighted by molar-refractivity contribution is 5.74. The summed E-state index contributed by atoms with van der Waals surface area (Å²) in [4.78, 5) is 21.7. The number of carbonyl (C=O) groups is 2. The van der Waals surface area contributed by atoms with E-state index in [2.05, 4.69) is 10.6 Å². The molecule has 0 aliphatic rings. The first kappa shape index (κ1) is 17.6. The fourth-order valence-corrected chi connectivity index (χ4v) is 1.33. The number of carboxylic acid groups (broad SMARTS) is 1. The van der Waals surface area contributed by atoms with Gasteiger partial charge in [0.1, 0.15) is 5.54 Å². The number of aliphatic hydroxyl groups excluding tert-OH is 3. The van der Waals surface area contributed by atoms with E-state index in [1.54, 1.807) is 0 Å². The maximum absolute atomic E-state index is 11.4. The summed E-state index contributed by atoms with van der Waals surface area (Å²) in [7, 11) is 0. The van der Waals surface area contributed by atoms with E-state index in [0.29, 0.717) is 25.8 Å². The Kier molecular flexibility index (Phi) is 8.84. The monoisotopic (exact) mass is 278 g/mol. The standard InChI is InChI=1S/C11H22N2O6/c14-6-11(7-15,8-16)13-10(19)12-5-3-1-2-4-9(17)18/h14-16H,1-8H2,(H,17,18)(H2,12,13,19). The summed E-state index contributed by atoms with van der Waals surface area (Å²) >= 11 is 0. The van der Waals surface area contributed by atoms with Crippen molar-refractivity contribution in [3.8, 4) is 0 Å². The smallest absolute Gasteiger partial charge is 0.315 e. The highest BCUT2D eigenvalue weighted by Gasteiger charge is 2.29. The zero-order valence-corrected chi connectivity index (χ0v) is 10.8. The number of carboxylic acids is 1. The van der Waals surface area contributed by atoms with E-state index in [4.69, 9.17) is 20.4 Å². The van der Waals surface area contributed by atoms with Gasteiger partial charge < -0.3 is 31.1 Å². The summed E-state index contributed by atoms with van der Waals surface area (Å²) in [5.74, 6) is -0.843. The van der Waals surface area contributed by atoms with Crippen molar-refractivity contribution in [3.63, 3.8) is 0 Å². The lowest BCUT2D eigenvalue weighted by molar-refractivity contribution is -0.137. The molecule has 0 aliphatic carbocycles. The number of urea groups is 1. The predicted molar refractivity (Wildman–Crippen MR) is 66.6 cm³/mol. The molecule has 6 N–H and O–H groups in total. The molecule has 0 spiro atoms. The molecule has 0 heterocycles. The molecule has 8 nitrogen and oxygen atoms in total. The quantitative estimate of drug-likeness (QED) is 0.273. The van der Waals surface area contributed by atoms with Gasteiger partial charge in [-0.15, -0.1) is 0 Å². The molecule has 0 saturated heterocycles. The van der Waals surface area contributed by atoms with E-state index < -0.39 is 37.4 Å². The Morgan fingerprint density at radius 2 is 1.53 bits per heavy atom. The van der Waals surface area contributed by atoms with Crippen molar-refractivity contribution >= 4 is 12.0 Å². The van der Waals surface area contributed by atoms with Gasteiger partial charge in [-0.05, 0) is 12.8 Å². The zero-order chi connectivity index (χ0) is 14.7. The molecule has 0 aromatic rings. The van der Waals surface area contributed by atoms with Crippen molar-refractivity contribution in [2.45, 2.75) is 31.2 Å². The number of aliphatic hydroxyl groups is 3. The first-order valence-electron chi connectivity index (χ1n) is 6.10. The molecule has 8 heteroatoms. The Balaban J connectivity index is 3.77. The summed E-state index contributed by atoms with van der Waals surface area (Å²) in [5, 5.41) is 40.2. The highest BCUT2D eigenvalue weighted by Crippen LogP contribution is 2.01. The van der Waals surface area contributed by atoms with Crippen molar-refractivity contribution < 1.29 is 30.0 Å². The molecular formula is C11H22N2O6. The van der Waals surface area contributed by atoms with Gasteiger partial charge in [0.05, 0.1) is 19.8 Å². The zero-order valence-electron chi connectivity index (χ0n) is 10.8. The van der Waals surface area contributed by atoms with Crippen LogP contribution in [0.25, 0.3) is 0 Å². The summed E-state index contributed by atoms with van der Waals surface area (Å²) in [6.45, 7) is -1.38. The summed E-state index contributed by atoms with van der Waals surface area (Å²) < 4.78 is 0. The maximum atomic E-state index is 11.4. The van der Waals surface area contributed by atoms with Gasteiger partial charge in [0, 0.05) is 13.0 Å². The predicted octanol–water partition coefficient (Wildman–Crippen LogP) is -1.35. The molecule has 0 saturated carbocycles. The highest BCUT2D eigenvalue weighted by atomic mass is 16.4. The van der Waals surface area contributed by atoms with Crippen LogP contribution in [0.15, 0.2) is 0 Å². The Labute approximate surface area is 111 Å². The molecule has 0 atom stereocenters. The van der Waals surface area contributed by atoms with Crippen LogP contribution in [0, 0.1) is 0 Å². The molecule has 0 bridgehead atoms. The van der Waals surface area contributed by atoms with Gasteiger partial charge in [0.2, 0.25) is 0 Å². The van der Waals surface area contributed by atoms with E-state index in [0.717, 1.165) is 0 Å². The number of nitrogens with one attached hydrogen (secondary N) is 2. The molecule has 112 valence electrons. The Morgan fingerprint density at radius 3 is 2.00 bits per heavy atom. The molecule has 0 aliphatic heterocycles. The van der Waals surface area contributed by atoms with E-state index >= 15 is 0 Å². The summed E-state index contributed by atoms with van der Waals surface area (Å²) in [6.07, 6.45) is 1.96. The van der Waals surface area contributed by atoms with Gasteiger partial charge in [-0.25, -0.2) is 4.79 Å². The van der Waals surface area contributed by atoms with Crippen molar-refractivity contribution in [2.24, 2.45) is 0 Å². The Bertz CT molecular complexity index is 272. The van der Waals surface area contributed by atoms with Gasteiger partial charge in [-0.3, -0.25) is 4.79 Å². The normalized spacial score (nSPS) is 11.1. The van der Waals surface area contributed by atoms with Crippen LogP contribution in [0.4, 0.5) is 4.79 Å². The molecule has 0 aromatic heterocycles. The fourth-order valence-electron chi connectivity index (χ4n) is 1.33. The minimum atomic E-state index is -1.44. The van der Waals surface area contributed by atoms with Gasteiger partial charge in [-0.2, -0.15) is 0 Å². The molecule has 0 radical (unpaired) electrons. The lowest BCUT2D eigenvalue weighted by Gasteiger charge is -2.28. The van der Waals surface area contributed by atoms with E-state index in [9.17, 15) is 9.59 Å². The first-order valence-corrected chi connectivity index (χ1v) is 6.10. The number of hydrogen-bond donors (Lipinski definition) is 6. The second kappa shape index (κ2) is 9.54. The number of unbranched alkanes of at least 4 members (excludes halogenated alkanes) is 2. The van der Waals surface area contributed by atoms with Gasteiger partial charge >= 0.3 is 12.0 Å². The second-order valence-corrected chi connectivity index (χ2v) is 4.34. The van der Waals surface area contributed by atoms with Crippen LogP contribution < -0.4 is 10.6 Å². The number of rotatable bonds is 10. The summed E-state index contributed by atoms with van der Waals surface area (Å²) in [5.41, 5.74) is -1.44. The lowest BCUT2D eigenvalue weighted by Crippen LogP contribution is -2.59. The van der Waals surface area contributed by atoms with Crippen LogP contribution in [-0.4, -0.2) is 64.3 Å². The minimum absolute atomic E-state index is 0.106. The second-order valence-electron chi connectivity index (χ2n) is 4.34. The minimum Gasteiger partial charge on any atom is -0.481 e. The van der Waals surface area contributed by atoms with Crippen LogP contribution in [0.5, 0.6) is 0 Å². The summed E-state index contributed by atoms with van der Waals surface area (Å²) in [6, 6.07) is -0.601. The van der Waals surface area contributed by atoms with Crippen LogP contribution in [0.2, 0.25) is 0 Å². The van der Waals surface area contributed by atoms with Gasteiger partial charge in [0.25, 0.3) is 0 Å². The van der Waals surface area contributed by atoms with Crippen LogP contribution in [0.3, 0.4) is 0 Å². The van der Waals surface area contributed by atoms with Crippen molar-refractivity contribution in [1.82, 2.24) is 10.6 Å². The fraction of sp³-hybridized carbons (Fsp3) is 0.818. The van der Waals surface area contributed by atoms with Crippen molar-refractivity contribution in [2.75, 3.05) is 26.4 Å². The number of hydrogen-bond acceptors (Lipinski definition) is 5. The van der Waals surface area contributed by atoms with Gasteiger partial charge in [0.15, 0.2) is 0 Å². The molecule has 0 rings (SSSR count). The third kappa shape index (κ3) is 7.60. The maximum Gasteiger partial charge on any atom is 0.315 e. The SMILES string of the molecule is O=C(O)CCCCCNC(=O)NC(CO)(CO)CO. The third-order valence-electron chi connectivity index (χ3n) is 2.64. The molecule has 0 unspecified atom stereocenters. The topological polar surface area (TPSA) is 139 Å². The van der Waals surface area contributed by atoms with E-state index in [1.165, 1.54) is 0 Å². The van der Waals surface area contributed by atoms with Crippen LogP contribution >= 0.6 is 0 Å². The molecule has 0 aromatic carbocycles. The molecule has 2 amide bonds. The average molecular weight is 278 g/mol.